The van der Waals surface area contributed by atoms with Gasteiger partial charge in [-0.1, -0.05) is 0 Å². The van der Waals surface area contributed by atoms with Crippen LogP contribution in [0.5, 0.6) is 0 Å². The van der Waals surface area contributed by atoms with E-state index in [2.05, 4.69) is 25.6 Å². The molecule has 26 heavy (non-hydrogen) atoms. The van der Waals surface area contributed by atoms with Crippen LogP contribution < -0.4 is 10.6 Å². The minimum atomic E-state index is -0.946. The number of aliphatic hydroxyl groups excluding tert-OH is 1. The number of hydrogen-bond acceptors (Lipinski definition) is 6. The van der Waals surface area contributed by atoms with Crippen molar-refractivity contribution < 1.29 is 13.9 Å². The van der Waals surface area contributed by atoms with E-state index in [-0.39, 0.29) is 6.61 Å². The van der Waals surface area contributed by atoms with Crippen LogP contribution in [0, 0.1) is 11.6 Å². The van der Waals surface area contributed by atoms with Gasteiger partial charge in [0.15, 0.2) is 11.6 Å². The average Bonchev–Trinajstić information content (AvgIpc) is 2.66. The number of halogens is 2. The number of anilines is 3. The van der Waals surface area contributed by atoms with E-state index in [1.54, 1.807) is 24.5 Å². The molecule has 0 saturated heterocycles. The molecule has 2 aromatic heterocycles. The van der Waals surface area contributed by atoms with Gasteiger partial charge in [0.1, 0.15) is 5.82 Å². The molecule has 0 atom stereocenters. The van der Waals surface area contributed by atoms with Gasteiger partial charge in [0.25, 0.3) is 0 Å². The van der Waals surface area contributed by atoms with Gasteiger partial charge in [-0.3, -0.25) is 4.98 Å². The summed E-state index contributed by atoms with van der Waals surface area (Å²) in [5, 5.41) is 14.9. The lowest BCUT2D eigenvalue weighted by molar-refractivity contribution is 0.292. The molecule has 0 spiro atoms. The van der Waals surface area contributed by atoms with Crippen LogP contribution in [0.1, 0.15) is 6.42 Å². The number of nitrogens with one attached hydrogen (secondary N) is 2. The lowest BCUT2D eigenvalue weighted by Gasteiger charge is -2.11. The van der Waals surface area contributed by atoms with Gasteiger partial charge in [-0.05, 0) is 30.7 Å². The van der Waals surface area contributed by atoms with E-state index < -0.39 is 11.6 Å². The molecular weight excluding hydrogens is 340 g/mol. The fraction of sp³-hybridized carbons (Fsp3) is 0.167. The van der Waals surface area contributed by atoms with Crippen molar-refractivity contribution in [2.24, 2.45) is 0 Å². The van der Waals surface area contributed by atoms with Crippen LogP contribution in [-0.2, 0) is 0 Å². The lowest BCUT2D eigenvalue weighted by atomic mass is 10.2. The Morgan fingerprint density at radius 3 is 2.65 bits per heavy atom. The molecule has 2 heterocycles. The summed E-state index contributed by atoms with van der Waals surface area (Å²) in [6, 6.07) is 8.85. The Morgan fingerprint density at radius 1 is 1.04 bits per heavy atom. The number of nitrogens with zero attached hydrogens (tertiary/aromatic N) is 3. The van der Waals surface area contributed by atoms with Crippen LogP contribution in [0.3, 0.4) is 0 Å². The summed E-state index contributed by atoms with van der Waals surface area (Å²) in [5.41, 5.74) is 1.76. The minimum Gasteiger partial charge on any atom is -0.396 e. The van der Waals surface area contributed by atoms with E-state index in [9.17, 15) is 8.78 Å². The zero-order valence-corrected chi connectivity index (χ0v) is 13.8. The maximum Gasteiger partial charge on any atom is 0.225 e. The molecular formula is C18H17F2N5O. The van der Waals surface area contributed by atoms with Crippen molar-refractivity contribution in [3.05, 3.63) is 60.4 Å². The van der Waals surface area contributed by atoms with Crippen LogP contribution in [0.15, 0.2) is 48.8 Å². The highest BCUT2D eigenvalue weighted by Crippen LogP contribution is 2.24. The highest BCUT2D eigenvalue weighted by atomic mass is 19.2. The van der Waals surface area contributed by atoms with Crippen molar-refractivity contribution in [1.29, 1.82) is 0 Å². The quantitative estimate of drug-likeness (QED) is 0.563. The number of hydrogen-bond donors (Lipinski definition) is 3. The van der Waals surface area contributed by atoms with Crippen molar-refractivity contribution in [2.45, 2.75) is 6.42 Å². The Balaban J connectivity index is 1.91. The standard InChI is InChI=1S/C18H17F2N5O/c19-14-5-4-13(9-15(14)20)23-17-10-16(12-3-1-6-21-11-12)24-18(25-17)22-7-2-8-26/h1,3-6,9-11,26H,2,7-8H2,(H2,22,23,24,25). The zero-order chi connectivity index (χ0) is 18.4. The van der Waals surface area contributed by atoms with Crippen LogP contribution in [-0.4, -0.2) is 33.2 Å². The van der Waals surface area contributed by atoms with Gasteiger partial charge < -0.3 is 15.7 Å². The predicted octanol–water partition coefficient (Wildman–Crippen LogP) is 3.35. The molecule has 3 N–H and O–H groups in total. The Labute approximate surface area is 149 Å². The maximum absolute atomic E-state index is 13.4. The second-order valence-electron chi connectivity index (χ2n) is 5.46. The van der Waals surface area contributed by atoms with Gasteiger partial charge in [-0.25, -0.2) is 13.8 Å². The smallest absolute Gasteiger partial charge is 0.225 e. The van der Waals surface area contributed by atoms with E-state index in [1.165, 1.54) is 6.07 Å². The molecule has 0 bridgehead atoms. The summed E-state index contributed by atoms with van der Waals surface area (Å²) in [4.78, 5) is 12.8. The average molecular weight is 357 g/mol. The van der Waals surface area contributed by atoms with Crippen LogP contribution in [0.2, 0.25) is 0 Å². The van der Waals surface area contributed by atoms with Crippen LogP contribution in [0.4, 0.5) is 26.2 Å². The third-order valence-corrected chi connectivity index (χ3v) is 3.49. The van der Waals surface area contributed by atoms with Crippen molar-refractivity contribution in [1.82, 2.24) is 15.0 Å². The Kier molecular flexibility index (Phi) is 5.65. The molecule has 1 aromatic carbocycles. The van der Waals surface area contributed by atoms with E-state index in [0.29, 0.717) is 36.1 Å². The van der Waals surface area contributed by atoms with E-state index >= 15 is 0 Å². The molecule has 0 radical (unpaired) electrons. The van der Waals surface area contributed by atoms with Crippen molar-refractivity contribution >= 4 is 17.5 Å². The van der Waals surface area contributed by atoms with Crippen molar-refractivity contribution in [3.63, 3.8) is 0 Å². The first-order valence-electron chi connectivity index (χ1n) is 8.02. The number of benzene rings is 1. The zero-order valence-electron chi connectivity index (χ0n) is 13.8. The first-order valence-corrected chi connectivity index (χ1v) is 8.02. The molecule has 0 unspecified atom stereocenters. The van der Waals surface area contributed by atoms with E-state index in [1.807, 2.05) is 6.07 Å². The molecule has 0 aliphatic carbocycles. The summed E-state index contributed by atoms with van der Waals surface area (Å²) in [5.74, 6) is -1.10. The fourth-order valence-corrected chi connectivity index (χ4v) is 2.25. The molecule has 0 amide bonds. The maximum atomic E-state index is 13.4. The molecule has 134 valence electrons. The highest BCUT2D eigenvalue weighted by molar-refractivity contribution is 5.66. The largest absolute Gasteiger partial charge is 0.396 e. The molecule has 0 aliphatic rings. The topological polar surface area (TPSA) is 83.0 Å². The van der Waals surface area contributed by atoms with Crippen LogP contribution in [0.25, 0.3) is 11.3 Å². The van der Waals surface area contributed by atoms with Crippen molar-refractivity contribution in [3.8, 4) is 11.3 Å². The van der Waals surface area contributed by atoms with Gasteiger partial charge in [0.2, 0.25) is 5.95 Å². The number of rotatable bonds is 7. The Hall–Kier alpha value is -3.13. The van der Waals surface area contributed by atoms with Gasteiger partial charge in [-0.2, -0.15) is 4.98 Å². The summed E-state index contributed by atoms with van der Waals surface area (Å²) < 4.78 is 26.5. The molecule has 8 heteroatoms. The first kappa shape index (κ1) is 17.7. The number of aromatic nitrogens is 3. The van der Waals surface area contributed by atoms with Gasteiger partial charge in [-0.15, -0.1) is 0 Å². The number of pyridine rings is 1. The Morgan fingerprint density at radius 2 is 1.92 bits per heavy atom. The molecule has 6 nitrogen and oxygen atoms in total. The summed E-state index contributed by atoms with van der Waals surface area (Å²) in [7, 11) is 0. The highest BCUT2D eigenvalue weighted by Gasteiger charge is 2.09. The molecule has 0 aliphatic heterocycles. The van der Waals surface area contributed by atoms with Gasteiger partial charge in [0, 0.05) is 48.9 Å². The summed E-state index contributed by atoms with van der Waals surface area (Å²) in [6.45, 7) is 0.548. The normalized spacial score (nSPS) is 10.6. The van der Waals surface area contributed by atoms with Gasteiger partial charge >= 0.3 is 0 Å². The first-order chi connectivity index (χ1) is 12.7. The third-order valence-electron chi connectivity index (χ3n) is 3.49. The molecule has 0 fully saturated rings. The SMILES string of the molecule is OCCCNc1nc(Nc2ccc(F)c(F)c2)cc(-c2cccnc2)n1. The van der Waals surface area contributed by atoms with E-state index in [4.69, 9.17) is 5.11 Å². The lowest BCUT2D eigenvalue weighted by Crippen LogP contribution is -2.08. The monoisotopic (exact) mass is 357 g/mol. The van der Waals surface area contributed by atoms with E-state index in [0.717, 1.165) is 17.7 Å². The van der Waals surface area contributed by atoms with Crippen LogP contribution >= 0.6 is 0 Å². The molecule has 3 rings (SSSR count). The minimum absolute atomic E-state index is 0.0509. The van der Waals surface area contributed by atoms with Gasteiger partial charge in [0.05, 0.1) is 5.69 Å². The second-order valence-corrected chi connectivity index (χ2v) is 5.46. The predicted molar refractivity (Wildman–Crippen MR) is 95.1 cm³/mol. The summed E-state index contributed by atoms with van der Waals surface area (Å²) >= 11 is 0. The fourth-order valence-electron chi connectivity index (χ4n) is 2.25. The Bertz CT molecular complexity index is 877. The third kappa shape index (κ3) is 4.48. The molecule has 0 saturated carbocycles. The van der Waals surface area contributed by atoms with Crippen molar-refractivity contribution in [2.75, 3.05) is 23.8 Å². The summed E-state index contributed by atoms with van der Waals surface area (Å²) in [6.07, 6.45) is 3.87. The number of aliphatic hydroxyl groups is 1. The molecule has 3 aromatic rings. The second kappa shape index (κ2) is 8.30.